The summed E-state index contributed by atoms with van der Waals surface area (Å²) >= 11 is 0. The highest BCUT2D eigenvalue weighted by Gasteiger charge is 2.65. The Morgan fingerprint density at radius 2 is 2.05 bits per heavy atom. The second-order valence-electron chi connectivity index (χ2n) is 14.6. The maximum Gasteiger partial charge on any atom is 0.318 e. The number of rotatable bonds is 5. The zero-order chi connectivity index (χ0) is 30.5. The average Bonchev–Trinajstić information content (AvgIpc) is 3.49. The van der Waals surface area contributed by atoms with Gasteiger partial charge in [-0.15, -0.1) is 0 Å². The second-order valence-corrected chi connectivity index (χ2v) is 14.6. The molecule has 3 aliphatic heterocycles. The molecular weight excluding hydrogens is 566 g/mol. The molecule has 234 valence electrons. The number of aliphatic hydroxyl groups is 1. The average molecular weight is 607 g/mol. The fourth-order valence-electron chi connectivity index (χ4n) is 9.35. The number of benzene rings is 1. The number of halogens is 2. The second kappa shape index (κ2) is 9.71. The van der Waals surface area contributed by atoms with Crippen molar-refractivity contribution >= 4 is 11.5 Å². The van der Waals surface area contributed by atoms with Crippen molar-refractivity contribution in [1.82, 2.24) is 14.9 Å². The van der Waals surface area contributed by atoms with Crippen LogP contribution in [0.3, 0.4) is 0 Å². The van der Waals surface area contributed by atoms with E-state index in [1.54, 1.807) is 0 Å². The highest BCUT2D eigenvalue weighted by molar-refractivity contribution is 5.64. The number of ether oxygens (including phenoxy) is 2. The van der Waals surface area contributed by atoms with E-state index in [0.29, 0.717) is 43.1 Å². The minimum Gasteiger partial charge on any atom is -0.461 e. The van der Waals surface area contributed by atoms with E-state index in [0.717, 1.165) is 67.5 Å². The Bertz CT molecular complexity index is 1550. The number of fused-ring (bicyclic) bond motifs is 4. The van der Waals surface area contributed by atoms with Crippen LogP contribution < -0.4 is 15.8 Å². The van der Waals surface area contributed by atoms with Crippen LogP contribution in [0.4, 0.5) is 20.3 Å². The largest absolute Gasteiger partial charge is 0.461 e. The van der Waals surface area contributed by atoms with Crippen LogP contribution in [0.15, 0.2) is 12.1 Å². The topological polar surface area (TPSA) is 130 Å². The molecule has 4 fully saturated rings. The van der Waals surface area contributed by atoms with Crippen LogP contribution in [0.1, 0.15) is 98.6 Å². The number of hydrogen-bond acceptors (Lipinski definition) is 9. The Balaban J connectivity index is 1.13. The van der Waals surface area contributed by atoms with Gasteiger partial charge in [0.15, 0.2) is 0 Å². The fraction of sp³-hybridized carbons (Fsp3) is 0.667. The van der Waals surface area contributed by atoms with Crippen LogP contribution in [0, 0.1) is 16.7 Å². The number of nitrogens with one attached hydrogen (secondary N) is 1. The summed E-state index contributed by atoms with van der Waals surface area (Å²) in [5.41, 5.74) is 9.45. The predicted molar refractivity (Wildman–Crippen MR) is 158 cm³/mol. The van der Waals surface area contributed by atoms with Gasteiger partial charge in [-0.25, -0.2) is 8.78 Å². The van der Waals surface area contributed by atoms with E-state index in [1.165, 1.54) is 0 Å². The Labute approximate surface area is 256 Å². The van der Waals surface area contributed by atoms with Gasteiger partial charge in [-0.3, -0.25) is 4.90 Å². The van der Waals surface area contributed by atoms with Gasteiger partial charge in [-0.05, 0) is 74.5 Å². The zero-order valence-corrected chi connectivity index (χ0v) is 25.2. The van der Waals surface area contributed by atoms with Crippen molar-refractivity contribution in [2.24, 2.45) is 5.41 Å². The molecule has 4 heterocycles. The van der Waals surface area contributed by atoms with Crippen LogP contribution in [-0.2, 0) is 23.4 Å². The van der Waals surface area contributed by atoms with Gasteiger partial charge in [0, 0.05) is 42.6 Å². The number of nitriles is 1. The Morgan fingerprint density at radius 1 is 1.20 bits per heavy atom. The molecule has 11 heteroatoms. The molecule has 5 atom stereocenters. The highest BCUT2D eigenvalue weighted by atomic mass is 19.3. The van der Waals surface area contributed by atoms with E-state index in [9.17, 15) is 19.1 Å². The first kappa shape index (κ1) is 28.4. The van der Waals surface area contributed by atoms with E-state index in [-0.39, 0.29) is 48.4 Å². The summed E-state index contributed by atoms with van der Waals surface area (Å²) in [4.78, 5) is 12.1. The van der Waals surface area contributed by atoms with Gasteiger partial charge in [0.25, 0.3) is 0 Å². The monoisotopic (exact) mass is 606 g/mol. The third kappa shape index (κ3) is 4.31. The lowest BCUT2D eigenvalue weighted by Crippen LogP contribution is -2.47. The molecule has 0 radical (unpaired) electrons. The van der Waals surface area contributed by atoms with Crippen LogP contribution in [-0.4, -0.2) is 63.3 Å². The van der Waals surface area contributed by atoms with Crippen LogP contribution in [0.2, 0.25) is 0 Å². The smallest absolute Gasteiger partial charge is 0.318 e. The lowest BCUT2D eigenvalue weighted by atomic mass is 9.63. The third-order valence-electron chi connectivity index (χ3n) is 11.6. The Kier molecular flexibility index (Phi) is 6.27. The Morgan fingerprint density at radius 3 is 2.77 bits per heavy atom. The number of aromatic nitrogens is 2. The molecule has 2 saturated carbocycles. The fourth-order valence-corrected chi connectivity index (χ4v) is 9.35. The summed E-state index contributed by atoms with van der Waals surface area (Å²) in [6.45, 7) is 4.37. The first-order valence-electron chi connectivity index (χ1n) is 16.1. The van der Waals surface area contributed by atoms with E-state index >= 15 is 0 Å². The molecule has 1 aromatic heterocycles. The van der Waals surface area contributed by atoms with Gasteiger partial charge in [-0.1, -0.05) is 13.0 Å². The third-order valence-corrected chi connectivity index (χ3v) is 11.6. The van der Waals surface area contributed by atoms with E-state index < -0.39 is 17.6 Å². The molecule has 2 saturated heterocycles. The molecule has 0 bridgehead atoms. The summed E-state index contributed by atoms with van der Waals surface area (Å²) in [5.74, 6) is -1.68. The van der Waals surface area contributed by atoms with Gasteiger partial charge in [0.2, 0.25) is 5.92 Å². The molecule has 4 N–H and O–H groups in total. The SMILES string of the molecule is C[C@H]1CC[C@]2(Cc3nc(OC[C@@]45CCCN4CC4(CC(F)(F)C4)C5)nc(N[C@@H]4CC[C@@H]4O)c3CO2)c2c1ccc(N)c2C#N. The van der Waals surface area contributed by atoms with Crippen LogP contribution in [0.5, 0.6) is 6.01 Å². The van der Waals surface area contributed by atoms with Gasteiger partial charge in [0.1, 0.15) is 24.1 Å². The molecular formula is C33H40F2N6O3. The minimum atomic E-state index is -2.56. The van der Waals surface area contributed by atoms with E-state index in [1.807, 2.05) is 12.1 Å². The number of anilines is 2. The number of alkyl halides is 2. The first-order chi connectivity index (χ1) is 21.0. The lowest BCUT2D eigenvalue weighted by molar-refractivity contribution is -0.157. The number of nitrogens with two attached hydrogens (primary N) is 1. The molecule has 44 heavy (non-hydrogen) atoms. The number of aliphatic hydroxyl groups excluding tert-OH is 1. The highest BCUT2D eigenvalue weighted by Crippen LogP contribution is 2.62. The van der Waals surface area contributed by atoms with Crippen LogP contribution in [0.25, 0.3) is 0 Å². The summed E-state index contributed by atoms with van der Waals surface area (Å²) in [7, 11) is 0. The van der Waals surface area contributed by atoms with E-state index in [2.05, 4.69) is 23.2 Å². The van der Waals surface area contributed by atoms with Crippen molar-refractivity contribution in [2.45, 2.75) is 113 Å². The minimum absolute atomic E-state index is 0.0389. The van der Waals surface area contributed by atoms with Gasteiger partial charge in [0.05, 0.1) is 35.5 Å². The lowest BCUT2D eigenvalue weighted by Gasteiger charge is -2.45. The number of nitrogen functional groups attached to an aromatic ring is 1. The Hall–Kier alpha value is -3.07. The summed E-state index contributed by atoms with van der Waals surface area (Å²) in [6, 6.07) is 6.32. The van der Waals surface area contributed by atoms with Crippen molar-refractivity contribution in [3.05, 3.63) is 40.1 Å². The first-order valence-corrected chi connectivity index (χ1v) is 16.1. The molecule has 6 aliphatic rings. The normalized spacial score (nSPS) is 34.4. The quantitative estimate of drug-likeness (QED) is 0.413. The molecule has 2 aromatic rings. The van der Waals surface area contributed by atoms with E-state index in [4.69, 9.17) is 25.2 Å². The standard InChI is InChI=1S/C33H40F2N6O3/c1-19-7-9-32(27-20(19)3-4-23(37)21(27)12-36)11-25-22(13-44-32)28(38-24-5-6-26(24)42)40-29(39-25)43-18-31-8-2-10-41(31)17-30(14-31)15-33(34,35)16-30/h3-4,19,24,26,42H,2,5-11,13-18,37H2,1H3,(H,38,39,40)/t19-,24+,26-,31-,32-/m0/s1. The zero-order valence-electron chi connectivity index (χ0n) is 25.2. The number of nitrogens with zero attached hydrogens (tertiary/aromatic N) is 4. The molecule has 0 unspecified atom stereocenters. The summed E-state index contributed by atoms with van der Waals surface area (Å²) in [6.07, 6.45) is 5.77. The summed E-state index contributed by atoms with van der Waals surface area (Å²) < 4.78 is 41.1. The van der Waals surface area contributed by atoms with Crippen molar-refractivity contribution < 1.29 is 23.4 Å². The predicted octanol–water partition coefficient (Wildman–Crippen LogP) is 4.76. The van der Waals surface area contributed by atoms with Crippen molar-refractivity contribution in [1.29, 1.82) is 5.26 Å². The van der Waals surface area contributed by atoms with Crippen molar-refractivity contribution in [2.75, 3.05) is 30.7 Å². The van der Waals surface area contributed by atoms with Crippen molar-refractivity contribution in [3.63, 3.8) is 0 Å². The maximum atomic E-state index is 14.0. The molecule has 0 amide bonds. The van der Waals surface area contributed by atoms with Gasteiger partial charge in [-0.2, -0.15) is 15.2 Å². The summed E-state index contributed by atoms with van der Waals surface area (Å²) in [5, 5.41) is 23.9. The molecule has 3 aliphatic carbocycles. The maximum absolute atomic E-state index is 14.0. The van der Waals surface area contributed by atoms with Gasteiger partial charge >= 0.3 is 6.01 Å². The van der Waals surface area contributed by atoms with Crippen molar-refractivity contribution in [3.8, 4) is 12.1 Å². The van der Waals surface area contributed by atoms with Gasteiger partial charge < -0.3 is 25.6 Å². The number of hydrogen-bond donors (Lipinski definition) is 3. The van der Waals surface area contributed by atoms with Crippen LogP contribution >= 0.6 is 0 Å². The molecule has 9 nitrogen and oxygen atoms in total. The molecule has 1 aromatic carbocycles. The molecule has 8 rings (SSSR count). The molecule has 2 spiro atoms.